The first kappa shape index (κ1) is 14.5. The molecule has 0 aromatic carbocycles. The average molecular weight is 291 g/mol. The number of thiophene rings is 1. The monoisotopic (exact) mass is 291 g/mol. The number of hydrogen-bond donors (Lipinski definition) is 1. The molecule has 2 heterocycles. The van der Waals surface area contributed by atoms with Gasteiger partial charge in [-0.3, -0.25) is 9.58 Å². The van der Waals surface area contributed by atoms with Gasteiger partial charge in [0.05, 0.1) is 6.20 Å². The van der Waals surface area contributed by atoms with Gasteiger partial charge in [-0.2, -0.15) is 5.10 Å². The Bertz CT molecular complexity index is 615. The van der Waals surface area contributed by atoms with Crippen LogP contribution < -0.4 is 0 Å². The number of aliphatic carboxylic acids is 1. The Labute approximate surface area is 121 Å². The first-order chi connectivity index (χ1) is 9.54. The zero-order chi connectivity index (χ0) is 14.5. The van der Waals surface area contributed by atoms with Gasteiger partial charge in [-0.05, 0) is 30.1 Å². The SMILES string of the molecule is CN(Cc1cnn(C)c1)Cc1sccc1C=CC(=O)O. The van der Waals surface area contributed by atoms with Gasteiger partial charge >= 0.3 is 5.97 Å². The molecule has 6 heteroatoms. The largest absolute Gasteiger partial charge is 0.478 e. The Kier molecular flexibility index (Phi) is 4.70. The van der Waals surface area contributed by atoms with Crippen molar-refractivity contribution in [3.05, 3.63) is 45.9 Å². The maximum absolute atomic E-state index is 10.6. The van der Waals surface area contributed by atoms with Gasteiger partial charge in [0.1, 0.15) is 0 Å². The molecule has 0 aliphatic rings. The van der Waals surface area contributed by atoms with Crippen molar-refractivity contribution in [1.29, 1.82) is 0 Å². The molecular weight excluding hydrogens is 274 g/mol. The number of nitrogens with zero attached hydrogens (tertiary/aromatic N) is 3. The third kappa shape index (κ3) is 4.04. The molecule has 106 valence electrons. The van der Waals surface area contributed by atoms with E-state index in [-0.39, 0.29) is 0 Å². The fourth-order valence-electron chi connectivity index (χ4n) is 1.95. The van der Waals surface area contributed by atoms with Crippen LogP contribution >= 0.6 is 11.3 Å². The standard InChI is InChI=1S/C14H17N3O2S/c1-16(8-11-7-15-17(2)9-11)10-13-12(5-6-20-13)3-4-14(18)19/h3-7,9H,8,10H2,1-2H3,(H,18,19). The second-order valence-electron chi connectivity index (χ2n) is 4.67. The molecule has 2 rings (SSSR count). The predicted octanol–water partition coefficient (Wildman–Crippen LogP) is 2.21. The van der Waals surface area contributed by atoms with Gasteiger partial charge in [0.15, 0.2) is 0 Å². The molecule has 0 saturated heterocycles. The van der Waals surface area contributed by atoms with Crippen LogP contribution in [0.25, 0.3) is 6.08 Å². The fourth-order valence-corrected chi connectivity index (χ4v) is 2.90. The lowest BCUT2D eigenvalue weighted by Crippen LogP contribution is -2.16. The van der Waals surface area contributed by atoms with Gasteiger partial charge in [-0.15, -0.1) is 11.3 Å². The van der Waals surface area contributed by atoms with E-state index in [9.17, 15) is 4.79 Å². The molecule has 0 radical (unpaired) electrons. The summed E-state index contributed by atoms with van der Waals surface area (Å²) in [5, 5.41) is 14.8. The molecule has 5 nitrogen and oxygen atoms in total. The normalized spacial score (nSPS) is 11.6. The van der Waals surface area contributed by atoms with Crippen molar-refractivity contribution in [2.75, 3.05) is 7.05 Å². The third-order valence-electron chi connectivity index (χ3n) is 2.81. The molecule has 1 N–H and O–H groups in total. The van der Waals surface area contributed by atoms with Gasteiger partial charge in [0.2, 0.25) is 0 Å². The van der Waals surface area contributed by atoms with Crippen LogP contribution in [0.5, 0.6) is 0 Å². The summed E-state index contributed by atoms with van der Waals surface area (Å²) < 4.78 is 1.79. The lowest BCUT2D eigenvalue weighted by molar-refractivity contribution is -0.131. The molecule has 2 aromatic rings. The van der Waals surface area contributed by atoms with Crippen LogP contribution in [0.3, 0.4) is 0 Å². The summed E-state index contributed by atoms with van der Waals surface area (Å²) in [5.41, 5.74) is 2.13. The Morgan fingerprint density at radius 2 is 2.35 bits per heavy atom. The molecule has 0 spiro atoms. The van der Waals surface area contributed by atoms with Crippen LogP contribution in [-0.2, 0) is 24.9 Å². The van der Waals surface area contributed by atoms with E-state index in [1.54, 1.807) is 22.1 Å². The summed E-state index contributed by atoms with van der Waals surface area (Å²) in [7, 11) is 3.94. The third-order valence-corrected chi connectivity index (χ3v) is 3.73. The number of aromatic nitrogens is 2. The molecule has 0 bridgehead atoms. The van der Waals surface area contributed by atoms with Crippen LogP contribution in [0, 0.1) is 0 Å². The highest BCUT2D eigenvalue weighted by atomic mass is 32.1. The van der Waals surface area contributed by atoms with E-state index >= 15 is 0 Å². The smallest absolute Gasteiger partial charge is 0.328 e. The topological polar surface area (TPSA) is 58.4 Å². The number of carbonyl (C=O) groups is 1. The Hall–Kier alpha value is -1.92. The minimum atomic E-state index is -0.925. The molecule has 0 saturated carbocycles. The van der Waals surface area contributed by atoms with Crippen LogP contribution in [0.2, 0.25) is 0 Å². The van der Waals surface area contributed by atoms with E-state index in [0.29, 0.717) is 0 Å². The summed E-state index contributed by atoms with van der Waals surface area (Å²) in [6.45, 7) is 1.60. The van der Waals surface area contributed by atoms with E-state index in [1.807, 2.05) is 37.9 Å². The summed E-state index contributed by atoms with van der Waals surface area (Å²) in [4.78, 5) is 13.9. The minimum Gasteiger partial charge on any atom is -0.478 e. The van der Waals surface area contributed by atoms with Gasteiger partial charge in [-0.1, -0.05) is 0 Å². The molecule has 0 aliphatic heterocycles. The van der Waals surface area contributed by atoms with Crippen molar-refractivity contribution in [1.82, 2.24) is 14.7 Å². The second kappa shape index (κ2) is 6.49. The molecule has 0 fully saturated rings. The number of hydrogen-bond acceptors (Lipinski definition) is 4. The van der Waals surface area contributed by atoms with Crippen LogP contribution in [0.4, 0.5) is 0 Å². The van der Waals surface area contributed by atoms with Crippen molar-refractivity contribution < 1.29 is 9.90 Å². The molecular formula is C14H17N3O2S. The molecule has 0 atom stereocenters. The Balaban J connectivity index is 1.99. The Morgan fingerprint density at radius 3 is 3.00 bits per heavy atom. The number of aryl methyl sites for hydroxylation is 1. The van der Waals surface area contributed by atoms with Crippen molar-refractivity contribution in [3.8, 4) is 0 Å². The van der Waals surface area contributed by atoms with Crippen LogP contribution in [-0.4, -0.2) is 32.8 Å². The van der Waals surface area contributed by atoms with Gasteiger partial charge in [-0.25, -0.2) is 4.79 Å². The number of carboxylic acid groups (broad SMARTS) is 1. The molecule has 2 aromatic heterocycles. The summed E-state index contributed by atoms with van der Waals surface area (Å²) in [6, 6.07) is 1.94. The van der Waals surface area contributed by atoms with E-state index in [4.69, 9.17) is 5.11 Å². The summed E-state index contributed by atoms with van der Waals surface area (Å²) in [6.07, 6.45) is 6.67. The zero-order valence-electron chi connectivity index (χ0n) is 11.5. The van der Waals surface area contributed by atoms with Gasteiger partial charge in [0, 0.05) is 42.9 Å². The number of rotatable bonds is 6. The molecule has 20 heavy (non-hydrogen) atoms. The van der Waals surface area contributed by atoms with Crippen LogP contribution in [0.1, 0.15) is 16.0 Å². The zero-order valence-corrected chi connectivity index (χ0v) is 12.3. The maximum Gasteiger partial charge on any atom is 0.328 e. The van der Waals surface area contributed by atoms with Crippen molar-refractivity contribution >= 4 is 23.4 Å². The highest BCUT2D eigenvalue weighted by Crippen LogP contribution is 2.20. The van der Waals surface area contributed by atoms with Crippen molar-refractivity contribution in [2.45, 2.75) is 13.1 Å². The van der Waals surface area contributed by atoms with Crippen LogP contribution in [0.15, 0.2) is 29.9 Å². The van der Waals surface area contributed by atoms with Crippen molar-refractivity contribution in [3.63, 3.8) is 0 Å². The molecule has 0 amide bonds. The Morgan fingerprint density at radius 1 is 1.55 bits per heavy atom. The van der Waals surface area contributed by atoms with Gasteiger partial charge < -0.3 is 5.11 Å². The highest BCUT2D eigenvalue weighted by Gasteiger charge is 2.07. The lowest BCUT2D eigenvalue weighted by atomic mass is 10.2. The maximum atomic E-state index is 10.6. The van der Waals surface area contributed by atoms with E-state index in [2.05, 4.69) is 10.00 Å². The minimum absolute atomic E-state index is 0.784. The van der Waals surface area contributed by atoms with E-state index < -0.39 is 5.97 Å². The fraction of sp³-hybridized carbons (Fsp3) is 0.286. The molecule has 0 unspecified atom stereocenters. The average Bonchev–Trinajstić information content (AvgIpc) is 2.96. The lowest BCUT2D eigenvalue weighted by Gasteiger charge is -2.15. The van der Waals surface area contributed by atoms with E-state index in [1.165, 1.54) is 6.08 Å². The van der Waals surface area contributed by atoms with E-state index in [0.717, 1.165) is 29.1 Å². The summed E-state index contributed by atoms with van der Waals surface area (Å²) >= 11 is 1.64. The van der Waals surface area contributed by atoms with Gasteiger partial charge in [0.25, 0.3) is 0 Å². The first-order valence-corrected chi connectivity index (χ1v) is 7.06. The second-order valence-corrected chi connectivity index (χ2v) is 5.67. The predicted molar refractivity (Wildman–Crippen MR) is 79.4 cm³/mol. The number of carboxylic acids is 1. The quantitative estimate of drug-likeness (QED) is 0.829. The molecule has 0 aliphatic carbocycles. The summed E-state index contributed by atoms with van der Waals surface area (Å²) in [5.74, 6) is -0.925. The van der Waals surface area contributed by atoms with Crippen molar-refractivity contribution in [2.24, 2.45) is 7.05 Å². The first-order valence-electron chi connectivity index (χ1n) is 6.18. The highest BCUT2D eigenvalue weighted by molar-refractivity contribution is 7.10.